The van der Waals surface area contributed by atoms with Crippen molar-refractivity contribution in [3.8, 4) is 0 Å². The predicted octanol–water partition coefficient (Wildman–Crippen LogP) is 3.96. The number of Topliss-reactive ketones (excluding diaryl/α,β-unsaturated/α-hetero) is 1. The quantitative estimate of drug-likeness (QED) is 0.434. The van der Waals surface area contributed by atoms with Crippen LogP contribution in [0.25, 0.3) is 0 Å². The fraction of sp³-hybridized carbons (Fsp3) is 0.655. The summed E-state index contributed by atoms with van der Waals surface area (Å²) in [6.45, 7) is 3.67. The minimum Gasteiger partial charge on any atom is -0.454 e. The van der Waals surface area contributed by atoms with Crippen molar-refractivity contribution in [3.05, 3.63) is 47.0 Å². The molecule has 0 spiro atoms. The second-order valence-electron chi connectivity index (χ2n) is 11.8. The molecule has 0 bridgehead atoms. The van der Waals surface area contributed by atoms with E-state index in [2.05, 4.69) is 13.0 Å². The molecule has 1 aromatic rings. The highest BCUT2D eigenvalue weighted by atomic mass is 16.5. The number of ether oxygens (including phenoxy) is 1. The molecule has 3 N–H and O–H groups in total. The highest BCUT2D eigenvalue weighted by Gasteiger charge is 2.68. The Labute approximate surface area is 207 Å². The van der Waals surface area contributed by atoms with Crippen molar-refractivity contribution >= 4 is 11.8 Å². The van der Waals surface area contributed by atoms with Crippen LogP contribution in [-0.2, 0) is 16.1 Å². The number of hydrogen-bond donors (Lipinski definition) is 3. The lowest BCUT2D eigenvalue weighted by Gasteiger charge is -2.60. The van der Waals surface area contributed by atoms with Crippen molar-refractivity contribution in [2.75, 3.05) is 6.61 Å². The number of carbonyl (C=O) groups excluding carboxylic acids is 2. The summed E-state index contributed by atoms with van der Waals surface area (Å²) in [5, 5.41) is 32.4. The Hall–Kier alpha value is -2.02. The summed E-state index contributed by atoms with van der Waals surface area (Å²) in [6.07, 6.45) is 8.69. The van der Waals surface area contributed by atoms with Gasteiger partial charge in [-0.15, -0.1) is 0 Å². The molecule has 35 heavy (non-hydrogen) atoms. The van der Waals surface area contributed by atoms with Gasteiger partial charge in [-0.1, -0.05) is 37.6 Å². The minimum atomic E-state index is -1.62. The zero-order valence-corrected chi connectivity index (χ0v) is 20.8. The van der Waals surface area contributed by atoms with Gasteiger partial charge in [0.05, 0.1) is 18.3 Å². The van der Waals surface area contributed by atoms with Crippen LogP contribution < -0.4 is 0 Å². The highest BCUT2D eigenvalue weighted by Crippen LogP contribution is 2.67. The first-order valence-corrected chi connectivity index (χ1v) is 13.1. The van der Waals surface area contributed by atoms with E-state index in [0.29, 0.717) is 24.0 Å². The average Bonchev–Trinajstić information content (AvgIpc) is 3.12. The molecule has 0 aliphatic heterocycles. The first-order valence-electron chi connectivity index (χ1n) is 13.1. The van der Waals surface area contributed by atoms with Gasteiger partial charge >= 0.3 is 5.97 Å². The number of allylic oxidation sites excluding steroid dienone is 2. The van der Waals surface area contributed by atoms with Crippen LogP contribution in [0.4, 0.5) is 0 Å². The standard InChI is InChI=1S/C29H38O6/c1-27-13-4-3-5-20(27)10-11-21-22-12-14-29(34,28(22,2)15-23(31)25(21)27)24(32)17-35-26(33)19-8-6-18(16-30)7-9-19/h5-9,21-23,25,30-31,34H,3-4,10-17H2,1-2H3/t21?,22-,23-,25+,27-,28-,29-/m0/s1. The van der Waals surface area contributed by atoms with E-state index in [1.54, 1.807) is 24.3 Å². The SMILES string of the molecule is C[C@]12CCCC=C1CCC1[C@@H]2[C@@H](O)C[C@@]2(C)[C@H]1CC[C@]2(O)C(=O)COC(=O)c1ccc(CO)cc1. The Morgan fingerprint density at radius 2 is 1.86 bits per heavy atom. The molecule has 0 radical (unpaired) electrons. The summed E-state index contributed by atoms with van der Waals surface area (Å²) in [6, 6.07) is 6.36. The molecular formula is C29H38O6. The third-order valence-electron chi connectivity index (χ3n) is 10.3. The Morgan fingerprint density at radius 3 is 2.57 bits per heavy atom. The molecule has 0 saturated heterocycles. The molecule has 3 saturated carbocycles. The topological polar surface area (TPSA) is 104 Å². The Balaban J connectivity index is 1.33. The Morgan fingerprint density at radius 1 is 1.11 bits per heavy atom. The number of ketones is 1. The molecular weight excluding hydrogens is 444 g/mol. The number of fused-ring (bicyclic) bond motifs is 5. The lowest BCUT2D eigenvalue weighted by atomic mass is 9.45. The van der Waals surface area contributed by atoms with E-state index in [-0.39, 0.29) is 29.8 Å². The largest absolute Gasteiger partial charge is 0.454 e. The summed E-state index contributed by atoms with van der Waals surface area (Å²) in [4.78, 5) is 25.8. The van der Waals surface area contributed by atoms with Crippen LogP contribution in [0.1, 0.15) is 81.1 Å². The molecule has 1 unspecified atom stereocenters. The fourth-order valence-corrected chi connectivity index (χ4v) is 8.42. The summed E-state index contributed by atoms with van der Waals surface area (Å²) >= 11 is 0. The van der Waals surface area contributed by atoms with E-state index < -0.39 is 35.5 Å². The van der Waals surface area contributed by atoms with Gasteiger partial charge < -0.3 is 20.1 Å². The smallest absolute Gasteiger partial charge is 0.338 e. The van der Waals surface area contributed by atoms with E-state index in [4.69, 9.17) is 9.84 Å². The molecule has 6 heteroatoms. The number of benzene rings is 1. The number of carbonyl (C=O) groups is 2. The highest BCUT2D eigenvalue weighted by molar-refractivity contribution is 5.94. The van der Waals surface area contributed by atoms with Gasteiger partial charge in [-0.3, -0.25) is 4.79 Å². The second-order valence-corrected chi connectivity index (χ2v) is 11.8. The first kappa shape index (κ1) is 24.7. The molecule has 4 aliphatic carbocycles. The number of aliphatic hydroxyl groups excluding tert-OH is 2. The summed E-state index contributed by atoms with van der Waals surface area (Å²) < 4.78 is 5.30. The van der Waals surface area contributed by atoms with Crippen LogP contribution in [-0.4, -0.2) is 45.4 Å². The third kappa shape index (κ3) is 3.71. The lowest BCUT2D eigenvalue weighted by molar-refractivity contribution is -0.182. The number of esters is 1. The normalized spacial score (nSPS) is 40.2. The van der Waals surface area contributed by atoms with Crippen molar-refractivity contribution in [2.24, 2.45) is 28.6 Å². The van der Waals surface area contributed by atoms with E-state index >= 15 is 0 Å². The van der Waals surface area contributed by atoms with Crippen LogP contribution in [0.2, 0.25) is 0 Å². The molecule has 5 rings (SSSR count). The van der Waals surface area contributed by atoms with Gasteiger partial charge in [0.2, 0.25) is 5.78 Å². The van der Waals surface area contributed by atoms with Crippen molar-refractivity contribution in [3.63, 3.8) is 0 Å². The van der Waals surface area contributed by atoms with Crippen molar-refractivity contribution in [2.45, 2.75) is 83.5 Å². The van der Waals surface area contributed by atoms with Crippen molar-refractivity contribution in [1.82, 2.24) is 0 Å². The maximum absolute atomic E-state index is 13.4. The fourth-order valence-electron chi connectivity index (χ4n) is 8.42. The van der Waals surface area contributed by atoms with Crippen LogP contribution >= 0.6 is 0 Å². The zero-order valence-electron chi connectivity index (χ0n) is 20.8. The van der Waals surface area contributed by atoms with Gasteiger partial charge in [-0.05, 0) is 92.2 Å². The molecule has 0 aromatic heterocycles. The Bertz CT molecular complexity index is 1030. The van der Waals surface area contributed by atoms with E-state index in [0.717, 1.165) is 38.5 Å². The summed E-state index contributed by atoms with van der Waals surface area (Å²) in [5.41, 5.74) is 0.114. The monoisotopic (exact) mass is 482 g/mol. The number of aliphatic hydroxyl groups is 3. The molecule has 3 fully saturated rings. The third-order valence-corrected chi connectivity index (χ3v) is 10.3. The van der Waals surface area contributed by atoms with Gasteiger partial charge in [0.25, 0.3) is 0 Å². The van der Waals surface area contributed by atoms with Crippen LogP contribution in [0.3, 0.4) is 0 Å². The van der Waals surface area contributed by atoms with Crippen LogP contribution in [0.5, 0.6) is 0 Å². The van der Waals surface area contributed by atoms with E-state index in [1.165, 1.54) is 5.57 Å². The maximum Gasteiger partial charge on any atom is 0.338 e. The van der Waals surface area contributed by atoms with Gasteiger partial charge in [0, 0.05) is 5.41 Å². The number of hydrogen-bond acceptors (Lipinski definition) is 6. The molecule has 1 aromatic carbocycles. The maximum atomic E-state index is 13.4. The van der Waals surface area contributed by atoms with Gasteiger partial charge in [0.15, 0.2) is 6.61 Å². The van der Waals surface area contributed by atoms with Crippen LogP contribution in [0, 0.1) is 28.6 Å². The Kier molecular flexibility index (Phi) is 6.22. The lowest BCUT2D eigenvalue weighted by Crippen LogP contribution is -2.62. The van der Waals surface area contributed by atoms with E-state index in [1.807, 2.05) is 6.92 Å². The first-order chi connectivity index (χ1) is 16.6. The molecule has 0 heterocycles. The van der Waals surface area contributed by atoms with Crippen molar-refractivity contribution in [1.29, 1.82) is 0 Å². The molecule has 4 aliphatic rings. The van der Waals surface area contributed by atoms with Gasteiger partial charge in [-0.2, -0.15) is 0 Å². The molecule has 6 nitrogen and oxygen atoms in total. The molecule has 0 amide bonds. The average molecular weight is 483 g/mol. The second kappa shape index (κ2) is 8.82. The molecule has 190 valence electrons. The van der Waals surface area contributed by atoms with E-state index in [9.17, 15) is 19.8 Å². The predicted molar refractivity (Wildman–Crippen MR) is 130 cm³/mol. The van der Waals surface area contributed by atoms with Gasteiger partial charge in [0.1, 0.15) is 5.60 Å². The zero-order chi connectivity index (χ0) is 25.0. The van der Waals surface area contributed by atoms with Crippen molar-refractivity contribution < 1.29 is 29.6 Å². The molecule has 7 atom stereocenters. The number of rotatable bonds is 5. The minimum absolute atomic E-state index is 0.00767. The van der Waals surface area contributed by atoms with Crippen LogP contribution in [0.15, 0.2) is 35.9 Å². The summed E-state index contributed by atoms with van der Waals surface area (Å²) in [7, 11) is 0. The van der Waals surface area contributed by atoms with Gasteiger partial charge in [-0.25, -0.2) is 4.79 Å². The summed E-state index contributed by atoms with van der Waals surface area (Å²) in [5.74, 6) is -0.510.